The summed E-state index contributed by atoms with van der Waals surface area (Å²) in [6.07, 6.45) is 5.00. The minimum atomic E-state index is 0.255. The molecule has 3 heterocycles. The van der Waals surface area contributed by atoms with Gasteiger partial charge in [0.2, 0.25) is 0 Å². The SMILES string of the molecule is O=C(N1CCCCC1)N1C[C@@H]2C[C@H]1CO2. The lowest BCUT2D eigenvalue weighted by molar-refractivity contribution is 0.0350. The van der Waals surface area contributed by atoms with Crippen molar-refractivity contribution in [1.29, 1.82) is 0 Å². The van der Waals surface area contributed by atoms with Crippen LogP contribution in [0.3, 0.4) is 0 Å². The topological polar surface area (TPSA) is 32.8 Å². The predicted molar refractivity (Wildman–Crippen MR) is 55.7 cm³/mol. The lowest BCUT2D eigenvalue weighted by atomic mass is 10.1. The van der Waals surface area contributed by atoms with Gasteiger partial charge in [0.25, 0.3) is 0 Å². The lowest BCUT2D eigenvalue weighted by Crippen LogP contribution is -2.50. The molecule has 0 radical (unpaired) electrons. The molecule has 0 saturated carbocycles. The molecule has 0 aromatic heterocycles. The fourth-order valence-corrected chi connectivity index (χ4v) is 2.90. The highest BCUT2D eigenvalue weighted by Crippen LogP contribution is 2.29. The van der Waals surface area contributed by atoms with E-state index in [9.17, 15) is 4.79 Å². The molecule has 2 amide bonds. The molecule has 0 aromatic carbocycles. The summed E-state index contributed by atoms with van der Waals surface area (Å²) in [5.74, 6) is 0. The number of nitrogens with zero attached hydrogens (tertiary/aromatic N) is 2. The maximum atomic E-state index is 12.2. The Morgan fingerprint density at radius 3 is 2.60 bits per heavy atom. The van der Waals surface area contributed by atoms with Gasteiger partial charge in [0.1, 0.15) is 0 Å². The van der Waals surface area contributed by atoms with Crippen LogP contribution >= 0.6 is 0 Å². The molecule has 3 fully saturated rings. The molecule has 3 rings (SSSR count). The minimum Gasteiger partial charge on any atom is -0.374 e. The van der Waals surface area contributed by atoms with Crippen molar-refractivity contribution < 1.29 is 9.53 Å². The summed E-state index contributed by atoms with van der Waals surface area (Å²) in [5.41, 5.74) is 0. The van der Waals surface area contributed by atoms with Crippen molar-refractivity contribution in [3.05, 3.63) is 0 Å². The fraction of sp³-hybridized carbons (Fsp3) is 0.909. The average Bonchev–Trinajstić information content (AvgIpc) is 2.91. The van der Waals surface area contributed by atoms with Crippen LogP contribution in [0.2, 0.25) is 0 Å². The molecule has 2 atom stereocenters. The standard InChI is InChI=1S/C11H18N2O2/c14-11(12-4-2-1-3-5-12)13-7-10-6-9(13)8-15-10/h9-10H,1-8H2/t9-,10-/m0/s1. The van der Waals surface area contributed by atoms with Crippen molar-refractivity contribution in [3.8, 4) is 0 Å². The molecule has 0 unspecified atom stereocenters. The van der Waals surface area contributed by atoms with Gasteiger partial charge in [-0.25, -0.2) is 4.79 Å². The number of hydrogen-bond donors (Lipinski definition) is 0. The Balaban J connectivity index is 1.64. The van der Waals surface area contributed by atoms with Crippen molar-refractivity contribution in [3.63, 3.8) is 0 Å². The second kappa shape index (κ2) is 3.67. The Labute approximate surface area is 90.2 Å². The molecule has 4 heteroatoms. The molecule has 3 aliphatic rings. The summed E-state index contributed by atoms with van der Waals surface area (Å²) in [6.45, 7) is 3.48. The Kier molecular flexibility index (Phi) is 2.31. The predicted octanol–water partition coefficient (Wildman–Crippen LogP) is 1.07. The summed E-state index contributed by atoms with van der Waals surface area (Å²) >= 11 is 0. The highest BCUT2D eigenvalue weighted by Gasteiger charge is 2.42. The van der Waals surface area contributed by atoms with Crippen LogP contribution < -0.4 is 0 Å². The van der Waals surface area contributed by atoms with Gasteiger partial charge in [0.15, 0.2) is 0 Å². The maximum Gasteiger partial charge on any atom is 0.320 e. The lowest BCUT2D eigenvalue weighted by Gasteiger charge is -2.34. The maximum absolute atomic E-state index is 12.2. The normalized spacial score (nSPS) is 34.9. The van der Waals surface area contributed by atoms with E-state index in [1.165, 1.54) is 19.3 Å². The number of amides is 2. The zero-order valence-corrected chi connectivity index (χ0v) is 9.02. The van der Waals surface area contributed by atoms with E-state index in [2.05, 4.69) is 0 Å². The number of hydrogen-bond acceptors (Lipinski definition) is 2. The number of urea groups is 1. The Bertz CT molecular complexity index is 263. The van der Waals surface area contributed by atoms with Crippen LogP contribution in [0.25, 0.3) is 0 Å². The highest BCUT2D eigenvalue weighted by atomic mass is 16.5. The highest BCUT2D eigenvalue weighted by molar-refractivity contribution is 5.75. The summed E-state index contributed by atoms with van der Waals surface area (Å²) in [6, 6.07) is 0.620. The van der Waals surface area contributed by atoms with Crippen LogP contribution in [-0.2, 0) is 4.74 Å². The first-order chi connectivity index (χ1) is 7.34. The van der Waals surface area contributed by atoms with Gasteiger partial charge in [-0.15, -0.1) is 0 Å². The number of fused-ring (bicyclic) bond motifs is 2. The van der Waals surface area contributed by atoms with Gasteiger partial charge in [-0.2, -0.15) is 0 Å². The van der Waals surface area contributed by atoms with Gasteiger partial charge in [-0.3, -0.25) is 0 Å². The fourth-order valence-electron chi connectivity index (χ4n) is 2.90. The molecular weight excluding hydrogens is 192 g/mol. The van der Waals surface area contributed by atoms with Crippen LogP contribution in [0.5, 0.6) is 0 Å². The van der Waals surface area contributed by atoms with E-state index < -0.39 is 0 Å². The first-order valence-corrected chi connectivity index (χ1v) is 6.02. The molecule has 15 heavy (non-hydrogen) atoms. The minimum absolute atomic E-state index is 0.255. The second-order valence-electron chi connectivity index (χ2n) is 4.83. The van der Waals surface area contributed by atoms with Crippen molar-refractivity contribution >= 4 is 6.03 Å². The Morgan fingerprint density at radius 1 is 1.20 bits per heavy atom. The van der Waals surface area contributed by atoms with Crippen LogP contribution in [0, 0.1) is 0 Å². The summed E-state index contributed by atoms with van der Waals surface area (Å²) in [5, 5.41) is 0. The van der Waals surface area contributed by atoms with E-state index in [1.807, 2.05) is 9.80 Å². The number of carbonyl (C=O) groups is 1. The van der Waals surface area contributed by atoms with Crippen LogP contribution in [0.15, 0.2) is 0 Å². The van der Waals surface area contributed by atoms with Gasteiger partial charge in [-0.05, 0) is 25.7 Å². The molecule has 84 valence electrons. The summed E-state index contributed by atoms with van der Waals surface area (Å²) in [4.78, 5) is 16.2. The molecule has 2 bridgehead atoms. The molecule has 0 aromatic rings. The number of ether oxygens (including phenoxy) is 1. The van der Waals surface area contributed by atoms with Crippen molar-refractivity contribution in [2.45, 2.75) is 37.8 Å². The largest absolute Gasteiger partial charge is 0.374 e. The van der Waals surface area contributed by atoms with E-state index in [-0.39, 0.29) is 6.03 Å². The Morgan fingerprint density at radius 2 is 2.00 bits per heavy atom. The third kappa shape index (κ3) is 1.61. The number of carbonyl (C=O) groups excluding carboxylic acids is 1. The van der Waals surface area contributed by atoms with Gasteiger partial charge >= 0.3 is 6.03 Å². The van der Waals surface area contributed by atoms with Gasteiger partial charge in [-0.1, -0.05) is 0 Å². The molecule has 3 saturated heterocycles. The first-order valence-electron chi connectivity index (χ1n) is 6.02. The smallest absolute Gasteiger partial charge is 0.320 e. The van der Waals surface area contributed by atoms with E-state index in [1.54, 1.807) is 0 Å². The average molecular weight is 210 g/mol. The van der Waals surface area contributed by atoms with Crippen LogP contribution in [0.4, 0.5) is 4.79 Å². The van der Waals surface area contributed by atoms with Gasteiger partial charge in [0.05, 0.1) is 18.8 Å². The molecular formula is C11H18N2O2. The quantitative estimate of drug-likeness (QED) is 0.599. The second-order valence-corrected chi connectivity index (χ2v) is 4.83. The first kappa shape index (κ1) is 9.46. The zero-order valence-electron chi connectivity index (χ0n) is 9.02. The summed E-state index contributed by atoms with van der Waals surface area (Å²) in [7, 11) is 0. The monoisotopic (exact) mass is 210 g/mol. The molecule has 0 aliphatic carbocycles. The number of piperidine rings is 1. The van der Waals surface area contributed by atoms with Crippen LogP contribution in [-0.4, -0.2) is 54.2 Å². The molecule has 4 nitrogen and oxygen atoms in total. The van der Waals surface area contributed by atoms with E-state index >= 15 is 0 Å². The molecule has 0 N–H and O–H groups in total. The van der Waals surface area contributed by atoms with E-state index in [4.69, 9.17) is 4.74 Å². The van der Waals surface area contributed by atoms with Gasteiger partial charge < -0.3 is 14.5 Å². The van der Waals surface area contributed by atoms with Crippen molar-refractivity contribution in [2.24, 2.45) is 0 Å². The van der Waals surface area contributed by atoms with Crippen molar-refractivity contribution in [2.75, 3.05) is 26.2 Å². The van der Waals surface area contributed by atoms with Crippen LogP contribution in [0.1, 0.15) is 25.7 Å². The summed E-state index contributed by atoms with van der Waals surface area (Å²) < 4.78 is 5.51. The zero-order chi connectivity index (χ0) is 10.3. The number of likely N-dealkylation sites (tertiary alicyclic amines) is 2. The third-order valence-electron chi connectivity index (χ3n) is 3.77. The van der Waals surface area contributed by atoms with E-state index in [0.29, 0.717) is 12.1 Å². The Hall–Kier alpha value is -0.770. The molecule has 0 spiro atoms. The number of morpholine rings is 1. The van der Waals surface area contributed by atoms with Gasteiger partial charge in [0, 0.05) is 19.6 Å². The van der Waals surface area contributed by atoms with Crippen molar-refractivity contribution in [1.82, 2.24) is 9.80 Å². The van der Waals surface area contributed by atoms with E-state index in [0.717, 1.165) is 32.7 Å². The molecule has 3 aliphatic heterocycles. The number of rotatable bonds is 0. The third-order valence-corrected chi connectivity index (χ3v) is 3.77.